The van der Waals surface area contributed by atoms with Gasteiger partial charge in [-0.15, -0.1) is 0 Å². The summed E-state index contributed by atoms with van der Waals surface area (Å²) in [5.41, 5.74) is 0. The molecule has 0 radical (unpaired) electrons. The molecule has 1 aliphatic rings. The zero-order valence-electron chi connectivity index (χ0n) is 3.78. The third kappa shape index (κ3) is 1.19. The maximum absolute atomic E-state index is 2.64. The predicted molar refractivity (Wildman–Crippen MR) is 17.2 cm³/mol. The van der Waals surface area contributed by atoms with Gasteiger partial charge >= 0.3 is 60.2 Å². The average molecular weight is 311 g/mol. The summed E-state index contributed by atoms with van der Waals surface area (Å²) < 4.78 is 3.69. The van der Waals surface area contributed by atoms with E-state index in [1.807, 2.05) is 0 Å². The van der Waals surface area contributed by atoms with Crippen molar-refractivity contribution >= 4 is 0 Å². The van der Waals surface area contributed by atoms with Crippen molar-refractivity contribution in [1.29, 1.82) is 0 Å². The van der Waals surface area contributed by atoms with Crippen LogP contribution in [-0.4, -0.2) is 10.3 Å². The van der Waals surface area contributed by atoms with Crippen LogP contribution >= 0.6 is 0 Å². The van der Waals surface area contributed by atoms with Gasteiger partial charge in [-0.05, 0) is 0 Å². The van der Waals surface area contributed by atoms with Gasteiger partial charge in [0.25, 0.3) is 0 Å². The van der Waals surface area contributed by atoms with Gasteiger partial charge in [-0.2, -0.15) is 0 Å². The number of hydrogen-bond donors (Lipinski definition) is 0. The van der Waals surface area contributed by atoms with Crippen LogP contribution in [0.25, 0.3) is 0 Å². The summed E-state index contributed by atoms with van der Waals surface area (Å²) in [6.07, 6.45) is 0. The quantitative estimate of drug-likeness (QED) is 0.153. The van der Waals surface area contributed by atoms with Crippen LogP contribution in [0.5, 0.6) is 0 Å². The van der Waals surface area contributed by atoms with Crippen LogP contribution in [0, 0.1) is 0 Å². The zero-order chi connectivity index (χ0) is 4.57. The molecule has 2 atom stereocenters. The van der Waals surface area contributed by atoms with Crippen LogP contribution in [0.1, 0.15) is 6.92 Å². The Hall–Kier alpha value is 1.42. The Labute approximate surface area is 59.7 Å². The van der Waals surface area contributed by atoms with Crippen LogP contribution in [0.4, 0.5) is 0 Å². The fourth-order valence-electron chi connectivity index (χ4n) is 0.281. The van der Waals surface area contributed by atoms with E-state index in [9.17, 15) is 0 Å². The predicted octanol–water partition coefficient (Wildman–Crippen LogP) is -5.71. The molecule has 0 aromatic heterocycles. The molecule has 1 aliphatic heterocycles. The standard InChI is InChI=1S/C3H7I2N/c1-3-5-6(3)4-2/h3H,1-2H3/q-2. The van der Waals surface area contributed by atoms with Gasteiger partial charge in [0.15, 0.2) is 0 Å². The number of alkyl halides is 2. The number of hydrogen-bond acceptors (Lipinski definition) is 1. The van der Waals surface area contributed by atoms with E-state index in [1.165, 1.54) is 0 Å². The molecule has 6 heavy (non-hydrogen) atoms. The minimum atomic E-state index is 0.501. The monoisotopic (exact) mass is 311 g/mol. The molecule has 0 aromatic rings. The van der Waals surface area contributed by atoms with Crippen LogP contribution < -0.4 is 43.0 Å². The Morgan fingerprint density at radius 3 is 2.33 bits per heavy atom. The second-order valence-corrected chi connectivity index (χ2v) is 8.35. The number of halogens is 2. The third-order valence-corrected chi connectivity index (χ3v) is 9.47. The molecule has 0 spiro atoms. The first-order valence-corrected chi connectivity index (χ1v) is 7.10. The van der Waals surface area contributed by atoms with Crippen LogP contribution in [0.3, 0.4) is 0 Å². The average Bonchev–Trinajstić information content (AvgIpc) is 2.19. The van der Waals surface area contributed by atoms with Gasteiger partial charge < -0.3 is 0 Å². The second-order valence-electron chi connectivity index (χ2n) is 1.10. The van der Waals surface area contributed by atoms with Crippen molar-refractivity contribution in [1.82, 2.24) is 1.33 Å². The fourth-order valence-corrected chi connectivity index (χ4v) is 6.75. The number of rotatable bonds is 1. The van der Waals surface area contributed by atoms with Gasteiger partial charge in [-0.1, -0.05) is 0 Å². The van der Waals surface area contributed by atoms with Crippen LogP contribution in [0.15, 0.2) is 0 Å². The first kappa shape index (κ1) is 5.55. The first-order valence-electron chi connectivity index (χ1n) is 1.77. The van der Waals surface area contributed by atoms with Gasteiger partial charge in [-0.25, -0.2) is 0 Å². The molecule has 1 heterocycles. The van der Waals surface area contributed by atoms with E-state index >= 15 is 0 Å². The third-order valence-electron chi connectivity index (χ3n) is 0.626. The van der Waals surface area contributed by atoms with Crippen LogP contribution in [0.2, 0.25) is 0 Å². The van der Waals surface area contributed by atoms with Gasteiger partial charge in [0.05, 0.1) is 0 Å². The normalized spacial score (nSPS) is 45.0. The van der Waals surface area contributed by atoms with Crippen molar-refractivity contribution in [3.8, 4) is 0 Å². The molecule has 1 nitrogen and oxygen atoms in total. The Bertz CT molecular complexity index is 54.8. The van der Waals surface area contributed by atoms with Crippen molar-refractivity contribution in [2.45, 2.75) is 11.0 Å². The molecule has 0 aromatic carbocycles. The molecule has 3 heteroatoms. The molecule has 1 fully saturated rings. The van der Waals surface area contributed by atoms with Gasteiger partial charge in [0.1, 0.15) is 0 Å². The molecule has 40 valence electrons. The summed E-state index contributed by atoms with van der Waals surface area (Å²) >= 11 is 1.09. The van der Waals surface area contributed by atoms with E-state index in [2.05, 4.69) is 13.2 Å². The Balaban J connectivity index is 2.09. The molecule has 0 saturated carbocycles. The van der Waals surface area contributed by atoms with E-state index < -0.39 is 0 Å². The molecular weight excluding hydrogens is 304 g/mol. The molecule has 2 unspecified atom stereocenters. The summed E-state index contributed by atoms with van der Waals surface area (Å²) in [6, 6.07) is 0. The molecule has 0 aliphatic carbocycles. The number of nitrogens with zero attached hydrogens (tertiary/aromatic N) is 1. The Morgan fingerprint density at radius 2 is 2.33 bits per heavy atom. The Morgan fingerprint density at radius 1 is 1.83 bits per heavy atom. The Kier molecular flexibility index (Phi) is 1.97. The topological polar surface area (TPSA) is 3.01 Å². The first-order chi connectivity index (χ1) is 2.84. The van der Waals surface area contributed by atoms with Crippen molar-refractivity contribution < 1.29 is 43.0 Å². The van der Waals surface area contributed by atoms with Crippen molar-refractivity contribution in [3.63, 3.8) is 0 Å². The molecule has 0 N–H and O–H groups in total. The van der Waals surface area contributed by atoms with Gasteiger partial charge in [0.2, 0.25) is 0 Å². The van der Waals surface area contributed by atoms with E-state index in [0.29, 0.717) is 43.0 Å². The molecular formula is C3H7I2N-2. The summed E-state index contributed by atoms with van der Waals surface area (Å²) in [4.78, 5) is 2.34. The fraction of sp³-hybridized carbons (Fsp3) is 1.00. The zero-order valence-corrected chi connectivity index (χ0v) is 8.10. The van der Waals surface area contributed by atoms with Crippen molar-refractivity contribution in [3.05, 3.63) is 0 Å². The van der Waals surface area contributed by atoms with Crippen molar-refractivity contribution in [2.24, 2.45) is 0 Å². The van der Waals surface area contributed by atoms with Crippen LogP contribution in [-0.2, 0) is 0 Å². The maximum atomic E-state index is 2.64. The van der Waals surface area contributed by atoms with Crippen molar-refractivity contribution in [2.75, 3.05) is 4.93 Å². The second kappa shape index (κ2) is 2.13. The summed E-state index contributed by atoms with van der Waals surface area (Å²) in [6.45, 7) is 2.33. The summed E-state index contributed by atoms with van der Waals surface area (Å²) in [5, 5.41) is 0. The molecule has 0 amide bonds. The summed E-state index contributed by atoms with van der Waals surface area (Å²) in [5.74, 6) is 0. The van der Waals surface area contributed by atoms with E-state index in [0.717, 1.165) is 4.05 Å². The van der Waals surface area contributed by atoms with Gasteiger partial charge in [0, 0.05) is 0 Å². The molecule has 1 rings (SSSR count). The SMILES string of the molecule is C[I-]N1[I-]C1C. The van der Waals surface area contributed by atoms with E-state index in [-0.39, 0.29) is 0 Å². The molecule has 0 bridgehead atoms. The minimum absolute atomic E-state index is 0.501. The summed E-state index contributed by atoms with van der Waals surface area (Å²) in [7, 11) is 0. The van der Waals surface area contributed by atoms with E-state index in [4.69, 9.17) is 0 Å². The van der Waals surface area contributed by atoms with Gasteiger partial charge in [-0.3, -0.25) is 0 Å². The molecule has 1 saturated heterocycles. The van der Waals surface area contributed by atoms with E-state index in [1.54, 1.807) is 0 Å².